The molecule has 1 saturated carbocycles. The number of likely N-dealkylation sites (tertiary alicyclic amines) is 2. The number of fused-ring (bicyclic) bond motifs is 9. The van der Waals surface area contributed by atoms with E-state index in [2.05, 4.69) is 54.2 Å². The number of methoxy groups -OCH3 is 4. The third kappa shape index (κ3) is 11.5. The second-order valence-corrected chi connectivity index (χ2v) is 24.3. The van der Waals surface area contributed by atoms with Gasteiger partial charge >= 0.3 is 23.2 Å². The zero-order chi connectivity index (χ0) is 65.5. The summed E-state index contributed by atoms with van der Waals surface area (Å²) in [5.41, 5.74) is 13.7. The van der Waals surface area contributed by atoms with Gasteiger partial charge in [-0.25, -0.2) is 34.1 Å². The van der Waals surface area contributed by atoms with Crippen LogP contribution in [-0.4, -0.2) is 134 Å². The minimum absolute atomic E-state index is 0.0148. The molecule has 23 nitrogen and oxygen atoms in total. The number of ether oxygens (including phenoxy) is 4. The van der Waals surface area contributed by atoms with E-state index in [1.807, 2.05) is 105 Å². The van der Waals surface area contributed by atoms with Crippen molar-refractivity contribution in [3.8, 4) is 51.0 Å². The first-order valence-electron chi connectivity index (χ1n) is 31.8. The van der Waals surface area contributed by atoms with Gasteiger partial charge in [0.15, 0.2) is 0 Å². The van der Waals surface area contributed by atoms with Crippen molar-refractivity contribution in [2.45, 2.75) is 82.8 Å². The van der Waals surface area contributed by atoms with Gasteiger partial charge in [0.1, 0.15) is 0 Å². The molecule has 11 heterocycles. The number of aromatic nitrogens is 12. The first kappa shape index (κ1) is 62.1. The van der Waals surface area contributed by atoms with E-state index in [1.54, 1.807) is 85.7 Å². The molecule has 2 aliphatic heterocycles. The van der Waals surface area contributed by atoms with Crippen LogP contribution in [0.15, 0.2) is 143 Å². The lowest BCUT2D eigenvalue weighted by molar-refractivity contribution is -0.130. The molecule has 3 aromatic carbocycles. The molecule has 9 aromatic heterocycles. The predicted molar refractivity (Wildman–Crippen MR) is 362 cm³/mol. The van der Waals surface area contributed by atoms with Crippen LogP contribution in [0, 0.1) is 0 Å². The van der Waals surface area contributed by atoms with Gasteiger partial charge < -0.3 is 28.7 Å². The van der Waals surface area contributed by atoms with E-state index in [-0.39, 0.29) is 47.2 Å². The fourth-order valence-electron chi connectivity index (χ4n) is 13.9. The van der Waals surface area contributed by atoms with Crippen LogP contribution in [0.4, 0.5) is 4.79 Å². The Morgan fingerprint density at radius 2 is 0.713 bits per heavy atom. The monoisotopic (exact) mass is 1270 g/mol. The van der Waals surface area contributed by atoms with E-state index in [0.717, 1.165) is 125 Å². The topological polar surface area (TPSA) is 236 Å². The van der Waals surface area contributed by atoms with Gasteiger partial charge in [-0.15, -0.1) is 0 Å². The van der Waals surface area contributed by atoms with E-state index in [0.29, 0.717) is 56.7 Å². The third-order valence-corrected chi connectivity index (χ3v) is 19.1. The first-order valence-corrected chi connectivity index (χ1v) is 31.8. The van der Waals surface area contributed by atoms with Gasteiger partial charge in [0, 0.05) is 142 Å². The summed E-state index contributed by atoms with van der Waals surface area (Å²) in [5, 5.41) is 2.86. The number of hydrogen-bond donors (Lipinski definition) is 0. The maximum absolute atomic E-state index is 13.3. The van der Waals surface area contributed by atoms with Crippen molar-refractivity contribution >= 4 is 77.8 Å². The van der Waals surface area contributed by atoms with Gasteiger partial charge in [-0.3, -0.25) is 47.1 Å². The number of piperidine rings is 2. The summed E-state index contributed by atoms with van der Waals surface area (Å²) in [6.45, 7) is 4.01. The van der Waals surface area contributed by atoms with Crippen LogP contribution in [0.25, 0.3) is 99.2 Å². The van der Waals surface area contributed by atoms with Crippen molar-refractivity contribution < 1.29 is 28.5 Å². The first-order chi connectivity index (χ1) is 45.7. The van der Waals surface area contributed by atoms with Crippen molar-refractivity contribution in [2.24, 2.45) is 21.1 Å². The molecule has 94 heavy (non-hydrogen) atoms. The Kier molecular flexibility index (Phi) is 17.3. The smallest absolute Gasteiger partial charge is 0.409 e. The standard InChI is InChI=1S/C24H25N5O4.C24H25N5O3.C23H24N4O2/c1-27-20-14-25-19-6-4-15(16-5-7-21(32-2)26-13-16)12-18(19)22(20)29(23(27)30)17-8-10-28(11-9-17)24(31)33-3;1-15(30)28-10-8-18(9-11-28)29-23-19-12-16(17-5-7-22(32-3)26-13-17)4-6-20(19)25-14-21(23)27(2)24(29)31;1-26-20-14-24-19-10-8-15(16-9-11-21(29-2)25-13-16)12-18(19)22(20)27(23(26)28)17-6-4-3-5-7-17/h4-7,12-14,17H,8-11H2,1-3H3;4-7,12-14,18H,8-11H2,1-3H3;8-14,17H,3-7H2,1-2H3. The second kappa shape index (κ2) is 26.1. The second-order valence-electron chi connectivity index (χ2n) is 24.3. The molecule has 23 heteroatoms. The molecule has 0 spiro atoms. The predicted octanol–water partition coefficient (Wildman–Crippen LogP) is 11.0. The van der Waals surface area contributed by atoms with E-state index in [1.165, 1.54) is 26.4 Å². The molecule has 15 rings (SSSR count). The SMILES string of the molecule is COC(=O)N1CCC(n2c(=O)n(C)c3cnc4ccc(-c5ccc(OC)nc5)cc4c32)CC1.COc1ccc(-c2ccc3ncc4c(c3c2)n(C2CCCCC2)c(=O)n4C)cn1.COc1ccc(-c2ccc3ncc4c(c3c2)n(C2CCN(C(C)=O)CC2)c(=O)n4C)cn1. The minimum Gasteiger partial charge on any atom is -0.481 e. The number of aryl methyl sites for hydroxylation is 3. The molecular weight excluding hydrogens is 1190 g/mol. The van der Waals surface area contributed by atoms with Gasteiger partial charge in [-0.05, 0) is 110 Å². The van der Waals surface area contributed by atoms with Crippen molar-refractivity contribution in [3.63, 3.8) is 0 Å². The Balaban J connectivity index is 0.000000128. The van der Waals surface area contributed by atoms with E-state index >= 15 is 0 Å². The number of pyridine rings is 6. The summed E-state index contributed by atoms with van der Waals surface area (Å²) >= 11 is 0. The third-order valence-electron chi connectivity index (χ3n) is 19.1. The number of amides is 2. The summed E-state index contributed by atoms with van der Waals surface area (Å²) in [5.74, 6) is 1.79. The lowest BCUT2D eigenvalue weighted by Crippen LogP contribution is -2.40. The molecule has 482 valence electrons. The van der Waals surface area contributed by atoms with Crippen LogP contribution in [0.5, 0.6) is 17.6 Å². The molecule has 0 atom stereocenters. The highest BCUT2D eigenvalue weighted by Crippen LogP contribution is 2.37. The molecule has 0 N–H and O–H groups in total. The summed E-state index contributed by atoms with van der Waals surface area (Å²) in [4.78, 5) is 93.6. The van der Waals surface area contributed by atoms with Gasteiger partial charge in [-0.1, -0.05) is 37.5 Å². The summed E-state index contributed by atoms with van der Waals surface area (Å²) < 4.78 is 31.2. The Morgan fingerprint density at radius 1 is 0.394 bits per heavy atom. The van der Waals surface area contributed by atoms with Gasteiger partial charge in [0.05, 0.1) is 96.7 Å². The number of benzene rings is 3. The van der Waals surface area contributed by atoms with Crippen LogP contribution in [0.1, 0.15) is 82.8 Å². The molecular formula is C71H74N14O9. The van der Waals surface area contributed by atoms with Crippen molar-refractivity contribution in [2.75, 3.05) is 54.6 Å². The van der Waals surface area contributed by atoms with Crippen LogP contribution < -0.4 is 31.3 Å². The van der Waals surface area contributed by atoms with Crippen LogP contribution in [-0.2, 0) is 30.7 Å². The highest BCUT2D eigenvalue weighted by molar-refractivity contribution is 6.06. The molecule has 0 radical (unpaired) electrons. The highest BCUT2D eigenvalue weighted by Gasteiger charge is 2.30. The van der Waals surface area contributed by atoms with Crippen LogP contribution in [0.2, 0.25) is 0 Å². The van der Waals surface area contributed by atoms with Crippen molar-refractivity contribution in [1.82, 2.24) is 67.1 Å². The highest BCUT2D eigenvalue weighted by atomic mass is 16.5. The molecule has 0 bridgehead atoms. The van der Waals surface area contributed by atoms with Gasteiger partial charge in [0.25, 0.3) is 0 Å². The molecule has 12 aromatic rings. The quantitative estimate of drug-likeness (QED) is 0.131. The lowest BCUT2D eigenvalue weighted by Gasteiger charge is -2.32. The molecule has 2 saturated heterocycles. The van der Waals surface area contributed by atoms with Crippen molar-refractivity contribution in [3.05, 3.63) is 160 Å². The van der Waals surface area contributed by atoms with Crippen molar-refractivity contribution in [1.29, 1.82) is 0 Å². The maximum Gasteiger partial charge on any atom is 0.409 e. The molecule has 2 amide bonds. The van der Waals surface area contributed by atoms with E-state index in [9.17, 15) is 24.0 Å². The maximum atomic E-state index is 13.3. The van der Waals surface area contributed by atoms with Gasteiger partial charge in [0.2, 0.25) is 23.5 Å². The number of hydrogen-bond acceptors (Lipinski definition) is 15. The van der Waals surface area contributed by atoms with Gasteiger partial charge in [-0.2, -0.15) is 0 Å². The van der Waals surface area contributed by atoms with Crippen LogP contribution in [0.3, 0.4) is 0 Å². The normalized spacial score (nSPS) is 14.9. The number of carbonyl (C=O) groups is 2. The Labute approximate surface area is 540 Å². The van der Waals surface area contributed by atoms with Crippen LogP contribution >= 0.6 is 0 Å². The lowest BCUT2D eigenvalue weighted by atomic mass is 9.95. The number of rotatable bonds is 9. The summed E-state index contributed by atoms with van der Waals surface area (Å²) in [7, 11) is 11.6. The number of nitrogens with zero attached hydrogens (tertiary/aromatic N) is 14. The number of imidazole rings is 3. The van der Waals surface area contributed by atoms with E-state index < -0.39 is 0 Å². The minimum atomic E-state index is -0.328. The average Bonchev–Trinajstić information content (AvgIpc) is 1.59. The Bertz CT molecular complexity index is 5030. The molecule has 1 aliphatic carbocycles. The summed E-state index contributed by atoms with van der Waals surface area (Å²) in [6.07, 6.45) is 19.0. The summed E-state index contributed by atoms with van der Waals surface area (Å²) in [6, 6.07) is 30.1. The molecule has 0 unspecified atom stereocenters. The Hall–Kier alpha value is -10.7. The Morgan fingerprint density at radius 3 is 1.01 bits per heavy atom. The number of carbonyl (C=O) groups excluding carboxylic acids is 2. The zero-order valence-electron chi connectivity index (χ0n) is 54.0. The fourth-order valence-corrected chi connectivity index (χ4v) is 13.9. The molecule has 3 fully saturated rings. The molecule has 3 aliphatic rings. The average molecular weight is 1270 g/mol. The largest absolute Gasteiger partial charge is 0.481 e. The van der Waals surface area contributed by atoms with E-state index in [4.69, 9.17) is 18.9 Å². The fraction of sp³-hybridized carbons (Fsp3) is 0.338. The zero-order valence-corrected chi connectivity index (χ0v) is 54.0.